The van der Waals surface area contributed by atoms with Crippen LogP contribution in [-0.2, 0) is 26.4 Å². The molecule has 1 N–H and O–H groups in total. The quantitative estimate of drug-likeness (QED) is 0.754. The Hall–Kier alpha value is -2.96. The largest absolute Gasteiger partial charge is 0.349 e. The summed E-state index contributed by atoms with van der Waals surface area (Å²) in [5.74, 6) is -0.479. The number of aryl methyl sites for hydroxylation is 2. The van der Waals surface area contributed by atoms with Crippen LogP contribution in [0.1, 0.15) is 34.6 Å². The van der Waals surface area contributed by atoms with Gasteiger partial charge in [0.05, 0.1) is 18.4 Å². The molecule has 4 rings (SSSR count). The highest BCUT2D eigenvalue weighted by molar-refractivity contribution is 5.93. The van der Waals surface area contributed by atoms with Crippen LogP contribution in [0.4, 0.5) is 4.39 Å². The van der Waals surface area contributed by atoms with Gasteiger partial charge in [0.1, 0.15) is 11.5 Å². The Morgan fingerprint density at radius 3 is 2.81 bits per heavy atom. The molecule has 0 spiro atoms. The lowest BCUT2D eigenvalue weighted by molar-refractivity contribution is 0.0942. The molecule has 0 saturated carbocycles. The molecule has 0 saturated heterocycles. The summed E-state index contributed by atoms with van der Waals surface area (Å²) in [7, 11) is 1.73. The highest BCUT2D eigenvalue weighted by Gasteiger charge is 2.16. The third kappa shape index (κ3) is 3.63. The van der Waals surface area contributed by atoms with Crippen molar-refractivity contribution in [1.82, 2.24) is 24.9 Å². The topological polar surface area (TPSA) is 64.7 Å². The van der Waals surface area contributed by atoms with Gasteiger partial charge in [-0.05, 0) is 61.6 Å². The average molecular weight is 367 g/mol. The van der Waals surface area contributed by atoms with Crippen molar-refractivity contribution in [1.29, 1.82) is 0 Å². The molecule has 3 aromatic rings. The minimum absolute atomic E-state index is 0.181. The van der Waals surface area contributed by atoms with E-state index < -0.39 is 0 Å². The zero-order valence-electron chi connectivity index (χ0n) is 15.3. The first-order valence-electron chi connectivity index (χ1n) is 9.23. The molecular formula is C20H22FN5O. The molecule has 0 bridgehead atoms. The van der Waals surface area contributed by atoms with Crippen molar-refractivity contribution < 1.29 is 9.18 Å². The summed E-state index contributed by atoms with van der Waals surface area (Å²) in [6.07, 6.45) is 6.54. The summed E-state index contributed by atoms with van der Waals surface area (Å²) in [6.45, 7) is 1.16. The average Bonchev–Trinajstić information content (AvgIpc) is 3.26. The number of aromatic nitrogens is 4. The van der Waals surface area contributed by atoms with Crippen LogP contribution in [0.2, 0.25) is 0 Å². The van der Waals surface area contributed by atoms with Crippen molar-refractivity contribution in [3.05, 3.63) is 59.3 Å². The summed E-state index contributed by atoms with van der Waals surface area (Å²) >= 11 is 0. The minimum Gasteiger partial charge on any atom is -0.349 e. The molecule has 2 heterocycles. The second kappa shape index (κ2) is 7.34. The highest BCUT2D eigenvalue weighted by atomic mass is 19.1. The van der Waals surface area contributed by atoms with E-state index in [1.807, 2.05) is 10.9 Å². The van der Waals surface area contributed by atoms with Gasteiger partial charge < -0.3 is 5.32 Å². The van der Waals surface area contributed by atoms with Crippen LogP contribution in [0, 0.1) is 5.82 Å². The number of nitrogens with zero attached hydrogens (tertiary/aromatic N) is 4. The van der Waals surface area contributed by atoms with Gasteiger partial charge in [-0.1, -0.05) is 0 Å². The molecule has 0 fully saturated rings. The van der Waals surface area contributed by atoms with Crippen molar-refractivity contribution in [3.8, 4) is 11.3 Å². The third-order valence-electron chi connectivity index (χ3n) is 5.01. The summed E-state index contributed by atoms with van der Waals surface area (Å²) in [5, 5.41) is 11.8. The zero-order chi connectivity index (χ0) is 18.8. The fraction of sp³-hybridized carbons (Fsp3) is 0.350. The van der Waals surface area contributed by atoms with E-state index in [0.717, 1.165) is 18.4 Å². The highest BCUT2D eigenvalue weighted by Crippen LogP contribution is 2.21. The van der Waals surface area contributed by atoms with Crippen molar-refractivity contribution >= 4 is 5.91 Å². The predicted octanol–water partition coefficient (Wildman–Crippen LogP) is 2.73. The summed E-state index contributed by atoms with van der Waals surface area (Å²) in [4.78, 5) is 12.5. The standard InChI is InChI=1S/C20H22FN5O/c1-25-19(12-17(24-25)14-6-8-16(21)9-7-14)20(27)22-10-11-26-18-5-3-2-4-15(18)13-23-26/h6-9,12-13H,2-5,10-11H2,1H3,(H,22,27). The maximum atomic E-state index is 13.1. The zero-order valence-corrected chi connectivity index (χ0v) is 15.3. The SMILES string of the molecule is Cn1nc(-c2ccc(F)cc2)cc1C(=O)NCCn1ncc2c1CCCC2. The molecule has 7 heteroatoms. The number of carbonyl (C=O) groups is 1. The Morgan fingerprint density at radius 1 is 1.22 bits per heavy atom. The molecular weight excluding hydrogens is 345 g/mol. The number of carbonyl (C=O) groups excluding carboxylic acids is 1. The van der Waals surface area contributed by atoms with Gasteiger partial charge >= 0.3 is 0 Å². The predicted molar refractivity (Wildman–Crippen MR) is 99.8 cm³/mol. The van der Waals surface area contributed by atoms with Crippen LogP contribution in [0.15, 0.2) is 36.5 Å². The van der Waals surface area contributed by atoms with Gasteiger partial charge in [0.2, 0.25) is 0 Å². The Morgan fingerprint density at radius 2 is 2.00 bits per heavy atom. The maximum absolute atomic E-state index is 13.1. The molecule has 0 unspecified atom stereocenters. The number of halogens is 1. The fourth-order valence-corrected chi connectivity index (χ4v) is 3.56. The first-order chi connectivity index (χ1) is 13.1. The monoisotopic (exact) mass is 367 g/mol. The van der Waals surface area contributed by atoms with Crippen LogP contribution in [0.3, 0.4) is 0 Å². The summed E-state index contributed by atoms with van der Waals surface area (Å²) in [5.41, 5.74) is 4.52. The van der Waals surface area contributed by atoms with Gasteiger partial charge in [-0.25, -0.2) is 4.39 Å². The maximum Gasteiger partial charge on any atom is 0.269 e. The van der Waals surface area contributed by atoms with Gasteiger partial charge in [0.25, 0.3) is 5.91 Å². The Kier molecular flexibility index (Phi) is 4.75. The number of fused-ring (bicyclic) bond motifs is 1. The smallest absolute Gasteiger partial charge is 0.269 e. The Bertz CT molecular complexity index is 957. The molecule has 0 aliphatic heterocycles. The van der Waals surface area contributed by atoms with Crippen LogP contribution in [0.25, 0.3) is 11.3 Å². The normalized spacial score (nSPS) is 13.4. The second-order valence-electron chi connectivity index (χ2n) is 6.85. The van der Waals surface area contributed by atoms with Gasteiger partial charge in [-0.15, -0.1) is 0 Å². The first-order valence-corrected chi connectivity index (χ1v) is 9.23. The fourth-order valence-electron chi connectivity index (χ4n) is 3.56. The third-order valence-corrected chi connectivity index (χ3v) is 5.01. The minimum atomic E-state index is -0.298. The number of rotatable bonds is 5. The molecule has 140 valence electrons. The number of amides is 1. The molecule has 6 nitrogen and oxygen atoms in total. The van der Waals surface area contributed by atoms with Gasteiger partial charge in [-0.3, -0.25) is 14.2 Å². The van der Waals surface area contributed by atoms with E-state index in [4.69, 9.17) is 0 Å². The van der Waals surface area contributed by atoms with E-state index in [1.54, 1.807) is 29.9 Å². The van der Waals surface area contributed by atoms with E-state index in [2.05, 4.69) is 15.5 Å². The number of nitrogens with one attached hydrogen (secondary N) is 1. The molecule has 2 aromatic heterocycles. The van der Waals surface area contributed by atoms with Crippen LogP contribution in [-0.4, -0.2) is 32.0 Å². The Labute approximate surface area is 157 Å². The second-order valence-corrected chi connectivity index (χ2v) is 6.85. The molecule has 0 atom stereocenters. The summed E-state index contributed by atoms with van der Waals surface area (Å²) < 4.78 is 16.6. The van der Waals surface area contributed by atoms with E-state index >= 15 is 0 Å². The number of hydrogen-bond donors (Lipinski definition) is 1. The molecule has 0 radical (unpaired) electrons. The lowest BCUT2D eigenvalue weighted by Gasteiger charge is -2.14. The van der Waals surface area contributed by atoms with Gasteiger partial charge in [0.15, 0.2) is 0 Å². The van der Waals surface area contributed by atoms with E-state index in [1.165, 1.54) is 36.2 Å². The lowest BCUT2D eigenvalue weighted by atomic mass is 9.98. The van der Waals surface area contributed by atoms with Crippen LogP contribution >= 0.6 is 0 Å². The van der Waals surface area contributed by atoms with Crippen LogP contribution in [0.5, 0.6) is 0 Å². The summed E-state index contributed by atoms with van der Waals surface area (Å²) in [6, 6.07) is 7.79. The van der Waals surface area contributed by atoms with Crippen molar-refractivity contribution in [2.45, 2.75) is 32.2 Å². The van der Waals surface area contributed by atoms with E-state index in [-0.39, 0.29) is 11.7 Å². The molecule has 1 aliphatic carbocycles. The van der Waals surface area contributed by atoms with E-state index in [0.29, 0.717) is 24.5 Å². The van der Waals surface area contributed by atoms with Crippen molar-refractivity contribution in [2.24, 2.45) is 7.05 Å². The molecule has 27 heavy (non-hydrogen) atoms. The van der Waals surface area contributed by atoms with Gasteiger partial charge in [-0.2, -0.15) is 10.2 Å². The van der Waals surface area contributed by atoms with Crippen molar-refractivity contribution in [2.75, 3.05) is 6.54 Å². The number of hydrogen-bond acceptors (Lipinski definition) is 3. The molecule has 1 aliphatic rings. The van der Waals surface area contributed by atoms with E-state index in [9.17, 15) is 9.18 Å². The Balaban J connectivity index is 1.40. The molecule has 1 aromatic carbocycles. The molecule has 1 amide bonds. The lowest BCUT2D eigenvalue weighted by Crippen LogP contribution is -2.29. The number of benzene rings is 1. The first kappa shape index (κ1) is 17.5. The van der Waals surface area contributed by atoms with Crippen molar-refractivity contribution in [3.63, 3.8) is 0 Å². The van der Waals surface area contributed by atoms with Gasteiger partial charge in [0, 0.05) is 24.8 Å². The van der Waals surface area contributed by atoms with Crippen LogP contribution < -0.4 is 5.32 Å².